The molecule has 0 unspecified atom stereocenters. The van der Waals surface area contributed by atoms with Crippen LogP contribution in [0, 0.1) is 0 Å². The zero-order valence-electron chi connectivity index (χ0n) is 7.14. The number of aromatic carboxylic acids is 1. The van der Waals surface area contributed by atoms with Crippen LogP contribution in [-0.4, -0.2) is 55.8 Å². The zero-order valence-corrected chi connectivity index (χ0v) is 7.14. The van der Waals surface area contributed by atoms with Crippen LogP contribution in [0.4, 0.5) is 0 Å². The van der Waals surface area contributed by atoms with Crippen molar-refractivity contribution in [3.05, 3.63) is 36.2 Å². The molecule has 2 rings (SSSR count). The topological polar surface area (TPSA) is 78.9 Å². The number of hydrogen-bond acceptors (Lipinski definition) is 3. The number of nitrogens with zero attached hydrogens (tertiary/aromatic N) is 2. The van der Waals surface area contributed by atoms with Crippen molar-refractivity contribution in [1.29, 1.82) is 0 Å². The predicted molar refractivity (Wildman–Crippen MR) is 55.9 cm³/mol. The fraction of sp³-hybridized carbons (Fsp3) is 0. The molecule has 2 N–H and O–H groups in total. The van der Waals surface area contributed by atoms with Gasteiger partial charge in [0.2, 0.25) is 5.82 Å². The third-order valence-electron chi connectivity index (χ3n) is 1.74. The molecule has 0 spiro atoms. The van der Waals surface area contributed by atoms with Gasteiger partial charge in [-0.15, -0.1) is 10.2 Å². The summed E-state index contributed by atoms with van der Waals surface area (Å²) in [7, 11) is 0. The number of carboxylic acids is 1. The molecule has 0 aliphatic rings. The Morgan fingerprint density at radius 3 is 2.40 bits per heavy atom. The molecule has 6 heteroatoms. The first-order valence-electron chi connectivity index (χ1n) is 3.99. The second-order valence-corrected chi connectivity index (χ2v) is 2.69. The first-order valence-corrected chi connectivity index (χ1v) is 3.99. The summed E-state index contributed by atoms with van der Waals surface area (Å²) in [5.74, 6) is -0.800. The molecule has 0 atom stereocenters. The molecule has 0 bridgehead atoms. The van der Waals surface area contributed by atoms with Crippen molar-refractivity contribution in [3.63, 3.8) is 0 Å². The molecule has 0 aliphatic carbocycles. The number of aromatic amines is 1. The fourth-order valence-corrected chi connectivity index (χ4v) is 1.08. The summed E-state index contributed by atoms with van der Waals surface area (Å²) in [4.78, 5) is 13.1. The van der Waals surface area contributed by atoms with Gasteiger partial charge in [0.25, 0.3) is 0 Å². The Morgan fingerprint density at radius 2 is 1.87 bits per heavy atom. The minimum atomic E-state index is -1.11. The molecule has 0 aliphatic heterocycles. The standard InChI is InChI=1S/C9H7N3O2.Na.H/c13-9(14)8-10-7(11-12-8)6-4-2-1-3-5-6;;/h1-5H,(H,13,14)(H,10,11,12);;. The maximum atomic E-state index is 10.5. The van der Waals surface area contributed by atoms with Gasteiger partial charge < -0.3 is 10.1 Å². The van der Waals surface area contributed by atoms with Crippen molar-refractivity contribution in [3.8, 4) is 11.4 Å². The first-order chi connectivity index (χ1) is 6.77. The number of aromatic nitrogens is 3. The van der Waals surface area contributed by atoms with E-state index in [0.29, 0.717) is 5.82 Å². The van der Waals surface area contributed by atoms with E-state index in [1.807, 2.05) is 30.3 Å². The average molecular weight is 213 g/mol. The van der Waals surface area contributed by atoms with Crippen molar-refractivity contribution in [2.45, 2.75) is 0 Å². The van der Waals surface area contributed by atoms with Gasteiger partial charge in [-0.25, -0.2) is 4.79 Å². The quantitative estimate of drug-likeness (QED) is 0.713. The van der Waals surface area contributed by atoms with Crippen molar-refractivity contribution in [2.24, 2.45) is 0 Å². The molecule has 1 heterocycles. The van der Waals surface area contributed by atoms with Gasteiger partial charge in [0.1, 0.15) is 0 Å². The number of carboxylic acid groups (broad SMARTS) is 1. The summed E-state index contributed by atoms with van der Waals surface area (Å²) in [6.07, 6.45) is 0. The van der Waals surface area contributed by atoms with Gasteiger partial charge in [-0.3, -0.25) is 0 Å². The molecule has 1 aromatic heterocycles. The van der Waals surface area contributed by atoms with Crippen LogP contribution in [0.25, 0.3) is 11.4 Å². The van der Waals surface area contributed by atoms with Crippen molar-refractivity contribution >= 4 is 35.5 Å². The van der Waals surface area contributed by atoms with Gasteiger partial charge >= 0.3 is 35.5 Å². The summed E-state index contributed by atoms with van der Waals surface area (Å²) in [5, 5.41) is 15.8. The van der Waals surface area contributed by atoms with E-state index in [1.165, 1.54) is 0 Å². The van der Waals surface area contributed by atoms with Crippen LogP contribution in [-0.2, 0) is 0 Å². The number of rotatable bonds is 2. The minimum absolute atomic E-state index is 0. The first kappa shape index (κ1) is 11.9. The van der Waals surface area contributed by atoms with Crippen LogP contribution in [0.1, 0.15) is 10.6 Å². The molecule has 0 radical (unpaired) electrons. The number of benzene rings is 1. The fourth-order valence-electron chi connectivity index (χ4n) is 1.08. The average Bonchev–Trinajstić information content (AvgIpc) is 2.68. The van der Waals surface area contributed by atoms with Crippen molar-refractivity contribution < 1.29 is 9.90 Å². The SMILES string of the molecule is O=C(O)c1nnc(-c2ccccc2)[nH]1.[NaH]. The summed E-state index contributed by atoms with van der Waals surface area (Å²) < 4.78 is 0. The summed E-state index contributed by atoms with van der Waals surface area (Å²) in [6, 6.07) is 9.22. The number of H-pyrrole nitrogens is 1. The molecule has 2 aromatic rings. The van der Waals surface area contributed by atoms with Crippen LogP contribution in [0.3, 0.4) is 0 Å². The molecule has 1 aromatic carbocycles. The van der Waals surface area contributed by atoms with Gasteiger partial charge in [-0.05, 0) is 0 Å². The molecular weight excluding hydrogens is 205 g/mol. The Morgan fingerprint density at radius 1 is 1.20 bits per heavy atom. The monoisotopic (exact) mass is 213 g/mol. The van der Waals surface area contributed by atoms with E-state index >= 15 is 0 Å². The van der Waals surface area contributed by atoms with E-state index in [0.717, 1.165) is 5.56 Å². The predicted octanol–water partition coefficient (Wildman–Crippen LogP) is 0.521. The zero-order chi connectivity index (χ0) is 9.97. The van der Waals surface area contributed by atoms with E-state index in [9.17, 15) is 4.79 Å². The van der Waals surface area contributed by atoms with Crippen LogP contribution < -0.4 is 0 Å². The summed E-state index contributed by atoms with van der Waals surface area (Å²) in [6.45, 7) is 0. The van der Waals surface area contributed by atoms with Crippen LogP contribution in [0.15, 0.2) is 30.3 Å². The Balaban J connectivity index is 0.00000112. The van der Waals surface area contributed by atoms with Crippen molar-refractivity contribution in [2.75, 3.05) is 0 Å². The van der Waals surface area contributed by atoms with Gasteiger partial charge in [0.05, 0.1) is 0 Å². The summed E-state index contributed by atoms with van der Waals surface area (Å²) >= 11 is 0. The Hall–Kier alpha value is -1.17. The molecular formula is C9H8N3NaO2. The van der Waals surface area contributed by atoms with Crippen molar-refractivity contribution in [1.82, 2.24) is 15.2 Å². The molecule has 0 amide bonds. The van der Waals surface area contributed by atoms with E-state index in [2.05, 4.69) is 15.2 Å². The van der Waals surface area contributed by atoms with E-state index < -0.39 is 5.97 Å². The molecule has 0 saturated carbocycles. The Labute approximate surface area is 108 Å². The van der Waals surface area contributed by atoms with E-state index in [1.54, 1.807) is 0 Å². The third-order valence-corrected chi connectivity index (χ3v) is 1.74. The number of carbonyl (C=O) groups is 1. The number of hydrogen-bond donors (Lipinski definition) is 2. The van der Waals surface area contributed by atoms with Gasteiger partial charge in [-0.2, -0.15) is 0 Å². The Bertz CT molecular complexity index is 455. The van der Waals surface area contributed by atoms with Gasteiger partial charge in [-0.1, -0.05) is 30.3 Å². The van der Waals surface area contributed by atoms with E-state index in [4.69, 9.17) is 5.11 Å². The summed E-state index contributed by atoms with van der Waals surface area (Å²) in [5.41, 5.74) is 0.813. The van der Waals surface area contributed by atoms with Crippen LogP contribution in [0.5, 0.6) is 0 Å². The third kappa shape index (κ3) is 2.65. The molecule has 0 fully saturated rings. The number of nitrogens with one attached hydrogen (secondary N) is 1. The molecule has 0 saturated heterocycles. The molecule has 72 valence electrons. The molecule has 15 heavy (non-hydrogen) atoms. The second-order valence-electron chi connectivity index (χ2n) is 2.69. The Kier molecular flexibility index (Phi) is 4.02. The normalized spacial score (nSPS) is 9.33. The second kappa shape index (κ2) is 5.06. The van der Waals surface area contributed by atoms with Gasteiger partial charge in [0.15, 0.2) is 5.82 Å². The van der Waals surface area contributed by atoms with Gasteiger partial charge in [0, 0.05) is 5.56 Å². The molecule has 5 nitrogen and oxygen atoms in total. The van der Waals surface area contributed by atoms with Crippen LogP contribution in [0.2, 0.25) is 0 Å². The maximum absolute atomic E-state index is 10.5. The van der Waals surface area contributed by atoms with E-state index in [-0.39, 0.29) is 35.4 Å². The van der Waals surface area contributed by atoms with Crippen LogP contribution >= 0.6 is 0 Å².